The van der Waals surface area contributed by atoms with Gasteiger partial charge in [-0.15, -0.1) is 6.58 Å². The highest BCUT2D eigenvalue weighted by atomic mass is 79.9. The van der Waals surface area contributed by atoms with E-state index in [2.05, 4.69) is 33.5 Å². The lowest BCUT2D eigenvalue weighted by Gasteiger charge is -2.10. The van der Waals surface area contributed by atoms with Crippen molar-refractivity contribution in [1.29, 1.82) is 0 Å². The molecule has 0 bridgehead atoms. The molecule has 0 radical (unpaired) electrons. The lowest BCUT2D eigenvalue weighted by molar-refractivity contribution is 0.0993. The summed E-state index contributed by atoms with van der Waals surface area (Å²) < 4.78 is 6.66. The molecule has 0 saturated carbocycles. The lowest BCUT2D eigenvalue weighted by atomic mass is 10.0. The number of hydrogen-bond acceptors (Lipinski definition) is 3. The number of nitrogens with zero attached hydrogens (tertiary/aromatic N) is 1. The summed E-state index contributed by atoms with van der Waals surface area (Å²) in [4.78, 5) is 14.4. The zero-order chi connectivity index (χ0) is 18.8. The fourth-order valence-corrected chi connectivity index (χ4v) is 2.65. The second-order valence-electron chi connectivity index (χ2n) is 6.04. The second-order valence-corrected chi connectivity index (χ2v) is 6.96. The Morgan fingerprint density at radius 1 is 1.08 bits per heavy atom. The Morgan fingerprint density at radius 3 is 2.42 bits per heavy atom. The third-order valence-corrected chi connectivity index (χ3v) is 4.35. The molecule has 0 atom stereocenters. The van der Waals surface area contributed by atoms with Crippen molar-refractivity contribution in [1.82, 2.24) is 4.90 Å². The van der Waals surface area contributed by atoms with Gasteiger partial charge in [0.1, 0.15) is 12.4 Å². The normalized spacial score (nSPS) is 11.0. The van der Waals surface area contributed by atoms with E-state index >= 15 is 0 Å². The average molecular weight is 414 g/mol. The van der Waals surface area contributed by atoms with Gasteiger partial charge in [-0.2, -0.15) is 0 Å². The van der Waals surface area contributed by atoms with Crippen molar-refractivity contribution in [2.24, 2.45) is 0 Å². The van der Waals surface area contributed by atoms with Gasteiger partial charge in [0.15, 0.2) is 5.78 Å². The van der Waals surface area contributed by atoms with E-state index in [9.17, 15) is 4.79 Å². The van der Waals surface area contributed by atoms with Gasteiger partial charge in [0.2, 0.25) is 0 Å². The Hall–Kier alpha value is -2.17. The van der Waals surface area contributed by atoms with Crippen LogP contribution in [0.25, 0.3) is 0 Å². The Labute approximate surface area is 164 Å². The van der Waals surface area contributed by atoms with Gasteiger partial charge in [0.05, 0.1) is 0 Å². The molecule has 2 aromatic carbocycles. The van der Waals surface area contributed by atoms with Crippen molar-refractivity contribution < 1.29 is 9.53 Å². The van der Waals surface area contributed by atoms with Crippen LogP contribution < -0.4 is 4.74 Å². The number of Topliss-reactive ketones (excluding diaryl/α,β-unsaturated/α-hetero) is 1. The highest BCUT2D eigenvalue weighted by Crippen LogP contribution is 2.16. The second kappa shape index (κ2) is 10.7. The Balaban J connectivity index is 1.79. The summed E-state index contributed by atoms with van der Waals surface area (Å²) >= 11 is 3.38. The molecule has 2 rings (SSSR count). The van der Waals surface area contributed by atoms with Gasteiger partial charge in [0, 0.05) is 29.5 Å². The van der Waals surface area contributed by atoms with Crippen molar-refractivity contribution in [3.05, 3.63) is 88.9 Å². The van der Waals surface area contributed by atoms with Crippen LogP contribution >= 0.6 is 15.9 Å². The zero-order valence-electron chi connectivity index (χ0n) is 15.0. The third kappa shape index (κ3) is 6.98. The minimum absolute atomic E-state index is 0.109. The molecule has 0 aliphatic carbocycles. The highest BCUT2D eigenvalue weighted by molar-refractivity contribution is 9.10. The summed E-state index contributed by atoms with van der Waals surface area (Å²) in [6, 6.07) is 15.1. The van der Waals surface area contributed by atoms with E-state index < -0.39 is 0 Å². The van der Waals surface area contributed by atoms with E-state index in [1.54, 1.807) is 0 Å². The SMILES string of the molecule is C=CCN(C)C/C=C/COc1ccc(CC(=O)c2ccc(Br)cc2)cc1. The van der Waals surface area contributed by atoms with Crippen LogP contribution in [0, 0.1) is 0 Å². The standard InChI is InChI=1S/C22H24BrNO2/c1-3-14-24(2)15-4-5-16-26-21-12-6-18(7-13-21)17-22(25)19-8-10-20(23)11-9-19/h3-13H,1,14-17H2,2H3/b5-4+. The first kappa shape index (κ1) is 20.1. The molecule has 0 aromatic heterocycles. The van der Waals surface area contributed by atoms with E-state index in [-0.39, 0.29) is 5.78 Å². The van der Waals surface area contributed by atoms with Gasteiger partial charge in [-0.3, -0.25) is 9.69 Å². The first-order valence-corrected chi connectivity index (χ1v) is 9.32. The summed E-state index contributed by atoms with van der Waals surface area (Å²) in [5.74, 6) is 0.909. The topological polar surface area (TPSA) is 29.5 Å². The first-order valence-electron chi connectivity index (χ1n) is 8.53. The van der Waals surface area contributed by atoms with Gasteiger partial charge < -0.3 is 4.74 Å². The number of carbonyl (C=O) groups is 1. The molecule has 2 aromatic rings. The summed E-state index contributed by atoms with van der Waals surface area (Å²) in [6.07, 6.45) is 6.35. The lowest BCUT2D eigenvalue weighted by Crippen LogP contribution is -2.17. The summed E-state index contributed by atoms with van der Waals surface area (Å²) in [7, 11) is 2.04. The van der Waals surface area contributed by atoms with Crippen molar-refractivity contribution >= 4 is 21.7 Å². The van der Waals surface area contributed by atoms with Crippen LogP contribution in [0.5, 0.6) is 5.75 Å². The quantitative estimate of drug-likeness (QED) is 0.408. The van der Waals surface area contributed by atoms with E-state index in [4.69, 9.17) is 4.74 Å². The van der Waals surface area contributed by atoms with Crippen LogP contribution in [0.15, 0.2) is 77.8 Å². The third-order valence-electron chi connectivity index (χ3n) is 3.82. The van der Waals surface area contributed by atoms with Gasteiger partial charge in [-0.05, 0) is 36.9 Å². The Bertz CT molecular complexity index is 736. The van der Waals surface area contributed by atoms with Crippen molar-refractivity contribution in [3.8, 4) is 5.75 Å². The number of benzene rings is 2. The molecular weight excluding hydrogens is 390 g/mol. The molecule has 0 heterocycles. The molecule has 136 valence electrons. The molecule has 0 fully saturated rings. The molecule has 4 heteroatoms. The molecule has 0 unspecified atom stereocenters. The maximum absolute atomic E-state index is 12.3. The summed E-state index contributed by atoms with van der Waals surface area (Å²) in [6.45, 7) is 5.98. The maximum atomic E-state index is 12.3. The molecule has 26 heavy (non-hydrogen) atoms. The number of hydrogen-bond donors (Lipinski definition) is 0. The summed E-state index contributed by atoms with van der Waals surface area (Å²) in [5.41, 5.74) is 1.70. The smallest absolute Gasteiger partial charge is 0.167 e. The van der Waals surface area contributed by atoms with Gasteiger partial charge in [-0.25, -0.2) is 0 Å². The minimum atomic E-state index is 0.109. The van der Waals surface area contributed by atoms with Crippen LogP contribution in [-0.2, 0) is 6.42 Å². The fourth-order valence-electron chi connectivity index (χ4n) is 2.39. The van der Waals surface area contributed by atoms with Crippen LogP contribution in [0.1, 0.15) is 15.9 Å². The number of halogens is 1. The Kier molecular flexibility index (Phi) is 8.32. The number of carbonyl (C=O) groups excluding carboxylic acids is 1. The van der Waals surface area contributed by atoms with E-state index in [0.717, 1.165) is 34.4 Å². The van der Waals surface area contributed by atoms with E-state index in [1.165, 1.54) is 0 Å². The summed E-state index contributed by atoms with van der Waals surface area (Å²) in [5, 5.41) is 0. The predicted octanol–water partition coefficient (Wildman–Crippen LogP) is 4.93. The maximum Gasteiger partial charge on any atom is 0.167 e. The first-order chi connectivity index (χ1) is 12.6. The molecule has 0 amide bonds. The molecular formula is C22H24BrNO2. The zero-order valence-corrected chi connectivity index (χ0v) is 16.6. The van der Waals surface area contributed by atoms with Gasteiger partial charge >= 0.3 is 0 Å². The minimum Gasteiger partial charge on any atom is -0.490 e. The highest BCUT2D eigenvalue weighted by Gasteiger charge is 2.07. The van der Waals surface area contributed by atoms with Crippen molar-refractivity contribution in [2.75, 3.05) is 26.7 Å². The van der Waals surface area contributed by atoms with Crippen molar-refractivity contribution in [3.63, 3.8) is 0 Å². The van der Waals surface area contributed by atoms with Gasteiger partial charge in [-0.1, -0.05) is 58.4 Å². The monoisotopic (exact) mass is 413 g/mol. The predicted molar refractivity (Wildman–Crippen MR) is 111 cm³/mol. The number of rotatable bonds is 10. The van der Waals surface area contributed by atoms with Crippen LogP contribution in [0.4, 0.5) is 0 Å². The van der Waals surface area contributed by atoms with E-state index in [0.29, 0.717) is 13.0 Å². The van der Waals surface area contributed by atoms with E-state index in [1.807, 2.05) is 67.7 Å². The molecule has 0 N–H and O–H groups in total. The molecule has 3 nitrogen and oxygen atoms in total. The number of likely N-dealkylation sites (N-methyl/N-ethyl adjacent to an activating group) is 1. The average Bonchev–Trinajstić information content (AvgIpc) is 2.63. The van der Waals surface area contributed by atoms with Crippen LogP contribution in [0.2, 0.25) is 0 Å². The number of ketones is 1. The molecule has 0 aliphatic heterocycles. The Morgan fingerprint density at radius 2 is 1.77 bits per heavy atom. The van der Waals surface area contributed by atoms with Crippen molar-refractivity contribution in [2.45, 2.75) is 6.42 Å². The van der Waals surface area contributed by atoms with Crippen LogP contribution in [0.3, 0.4) is 0 Å². The molecule has 0 saturated heterocycles. The van der Waals surface area contributed by atoms with Gasteiger partial charge in [0.25, 0.3) is 0 Å². The fraction of sp³-hybridized carbons (Fsp3) is 0.227. The number of ether oxygens (including phenoxy) is 1. The van der Waals surface area contributed by atoms with Crippen LogP contribution in [-0.4, -0.2) is 37.4 Å². The molecule has 0 aliphatic rings. The largest absolute Gasteiger partial charge is 0.490 e. The molecule has 0 spiro atoms.